The molecule has 17 heavy (non-hydrogen) atoms. The van der Waals surface area contributed by atoms with Crippen molar-refractivity contribution in [1.82, 2.24) is 4.57 Å². The SMILES string of the molecule is Cc1ccc(C(O)Cn2ccc(=O)cc2)cc1. The summed E-state index contributed by atoms with van der Waals surface area (Å²) in [7, 11) is 0. The van der Waals surface area contributed by atoms with Gasteiger partial charge in [-0.25, -0.2) is 0 Å². The summed E-state index contributed by atoms with van der Waals surface area (Å²) in [6, 6.07) is 10.8. The molecule has 0 aliphatic rings. The Morgan fingerprint density at radius 3 is 2.29 bits per heavy atom. The molecule has 0 fully saturated rings. The number of aryl methyl sites for hydroxylation is 1. The van der Waals surface area contributed by atoms with E-state index in [2.05, 4.69) is 0 Å². The lowest BCUT2D eigenvalue weighted by atomic mass is 10.1. The van der Waals surface area contributed by atoms with E-state index in [4.69, 9.17) is 0 Å². The summed E-state index contributed by atoms with van der Waals surface area (Å²) in [6.07, 6.45) is 2.80. The van der Waals surface area contributed by atoms with E-state index in [1.54, 1.807) is 17.0 Å². The molecule has 3 heteroatoms. The van der Waals surface area contributed by atoms with Gasteiger partial charge in [0.1, 0.15) is 0 Å². The number of aliphatic hydroxyl groups excluding tert-OH is 1. The predicted octanol–water partition coefficient (Wildman–Crippen LogP) is 1.89. The van der Waals surface area contributed by atoms with Gasteiger partial charge >= 0.3 is 0 Å². The Morgan fingerprint density at radius 2 is 1.71 bits per heavy atom. The molecule has 2 aromatic rings. The van der Waals surface area contributed by atoms with Gasteiger partial charge in [0.2, 0.25) is 0 Å². The highest BCUT2D eigenvalue weighted by Gasteiger charge is 2.06. The summed E-state index contributed by atoms with van der Waals surface area (Å²) in [4.78, 5) is 10.9. The standard InChI is InChI=1S/C14H15NO2/c1-11-2-4-12(5-3-11)14(17)10-15-8-6-13(16)7-9-15/h2-9,14,17H,10H2,1H3. The fourth-order valence-corrected chi connectivity index (χ4v) is 1.66. The largest absolute Gasteiger partial charge is 0.387 e. The molecule has 88 valence electrons. The zero-order valence-electron chi connectivity index (χ0n) is 9.71. The lowest BCUT2D eigenvalue weighted by Gasteiger charge is -2.13. The maximum absolute atomic E-state index is 10.9. The first kappa shape index (κ1) is 11.6. The normalized spacial score (nSPS) is 12.4. The fraction of sp³-hybridized carbons (Fsp3) is 0.214. The molecule has 1 unspecified atom stereocenters. The number of benzene rings is 1. The van der Waals surface area contributed by atoms with E-state index >= 15 is 0 Å². The quantitative estimate of drug-likeness (QED) is 0.873. The number of rotatable bonds is 3. The molecule has 0 bridgehead atoms. The van der Waals surface area contributed by atoms with Gasteiger partial charge in [-0.05, 0) is 12.5 Å². The molecule has 0 amide bonds. The topological polar surface area (TPSA) is 42.2 Å². The van der Waals surface area contributed by atoms with Crippen molar-refractivity contribution in [3.05, 3.63) is 70.1 Å². The third-order valence-corrected chi connectivity index (χ3v) is 2.71. The van der Waals surface area contributed by atoms with E-state index in [9.17, 15) is 9.90 Å². The molecule has 1 atom stereocenters. The molecular weight excluding hydrogens is 214 g/mol. The molecule has 2 rings (SSSR count). The number of aliphatic hydroxyl groups is 1. The summed E-state index contributed by atoms with van der Waals surface area (Å²) < 4.78 is 1.80. The third kappa shape index (κ3) is 3.04. The van der Waals surface area contributed by atoms with E-state index in [-0.39, 0.29) is 5.43 Å². The highest BCUT2D eigenvalue weighted by molar-refractivity contribution is 5.23. The summed E-state index contributed by atoms with van der Waals surface area (Å²) in [5, 5.41) is 10.0. The van der Waals surface area contributed by atoms with Crippen molar-refractivity contribution in [2.75, 3.05) is 0 Å². The van der Waals surface area contributed by atoms with Crippen molar-refractivity contribution in [3.63, 3.8) is 0 Å². The van der Waals surface area contributed by atoms with Crippen LogP contribution in [0.3, 0.4) is 0 Å². The van der Waals surface area contributed by atoms with Crippen LogP contribution < -0.4 is 5.43 Å². The molecule has 1 aromatic heterocycles. The number of aromatic nitrogens is 1. The monoisotopic (exact) mass is 229 g/mol. The maximum atomic E-state index is 10.9. The lowest BCUT2D eigenvalue weighted by Crippen LogP contribution is -2.10. The third-order valence-electron chi connectivity index (χ3n) is 2.71. The van der Waals surface area contributed by atoms with Gasteiger partial charge in [0.15, 0.2) is 5.43 Å². The van der Waals surface area contributed by atoms with Crippen LogP contribution in [0.15, 0.2) is 53.6 Å². The van der Waals surface area contributed by atoms with Gasteiger partial charge in [0.25, 0.3) is 0 Å². The Morgan fingerprint density at radius 1 is 1.12 bits per heavy atom. The number of nitrogens with zero attached hydrogens (tertiary/aromatic N) is 1. The van der Waals surface area contributed by atoms with Crippen LogP contribution in [-0.2, 0) is 6.54 Å². The number of pyridine rings is 1. The fourth-order valence-electron chi connectivity index (χ4n) is 1.66. The Kier molecular flexibility index (Phi) is 3.40. The zero-order valence-corrected chi connectivity index (χ0v) is 9.71. The Balaban J connectivity index is 2.11. The van der Waals surface area contributed by atoms with Crippen molar-refractivity contribution in [1.29, 1.82) is 0 Å². The molecular formula is C14H15NO2. The Bertz CT molecular complexity index is 522. The molecule has 3 nitrogen and oxygen atoms in total. The molecule has 0 aliphatic heterocycles. The summed E-state index contributed by atoms with van der Waals surface area (Å²) in [5.74, 6) is 0. The number of hydrogen-bond donors (Lipinski definition) is 1. The van der Waals surface area contributed by atoms with Gasteiger partial charge in [-0.15, -0.1) is 0 Å². The second kappa shape index (κ2) is 4.97. The van der Waals surface area contributed by atoms with Gasteiger partial charge in [0, 0.05) is 24.5 Å². The predicted molar refractivity (Wildman–Crippen MR) is 66.8 cm³/mol. The van der Waals surface area contributed by atoms with E-state index in [1.807, 2.05) is 31.2 Å². The van der Waals surface area contributed by atoms with E-state index in [1.165, 1.54) is 17.7 Å². The highest BCUT2D eigenvalue weighted by atomic mass is 16.3. The van der Waals surface area contributed by atoms with Gasteiger partial charge in [0.05, 0.1) is 12.6 Å². The van der Waals surface area contributed by atoms with Crippen molar-refractivity contribution >= 4 is 0 Å². The van der Waals surface area contributed by atoms with Crippen LogP contribution in [0.25, 0.3) is 0 Å². The van der Waals surface area contributed by atoms with Gasteiger partial charge in [-0.3, -0.25) is 4.79 Å². The van der Waals surface area contributed by atoms with Gasteiger partial charge in [-0.2, -0.15) is 0 Å². The van der Waals surface area contributed by atoms with Crippen LogP contribution in [0.1, 0.15) is 17.2 Å². The minimum atomic E-state index is -0.557. The minimum absolute atomic E-state index is 0.0222. The average Bonchev–Trinajstić information content (AvgIpc) is 2.33. The van der Waals surface area contributed by atoms with Crippen LogP contribution in [-0.4, -0.2) is 9.67 Å². The van der Waals surface area contributed by atoms with Crippen LogP contribution in [0.5, 0.6) is 0 Å². The van der Waals surface area contributed by atoms with Crippen LogP contribution in [0.4, 0.5) is 0 Å². The zero-order chi connectivity index (χ0) is 12.3. The van der Waals surface area contributed by atoms with Crippen molar-refractivity contribution in [3.8, 4) is 0 Å². The average molecular weight is 229 g/mol. The van der Waals surface area contributed by atoms with Gasteiger partial charge in [-0.1, -0.05) is 29.8 Å². The summed E-state index contributed by atoms with van der Waals surface area (Å²) >= 11 is 0. The van der Waals surface area contributed by atoms with Crippen LogP contribution in [0.2, 0.25) is 0 Å². The Labute approximate surface area is 100.0 Å². The molecule has 0 saturated carbocycles. The lowest BCUT2D eigenvalue weighted by molar-refractivity contribution is 0.156. The van der Waals surface area contributed by atoms with E-state index in [0.29, 0.717) is 6.54 Å². The molecule has 0 aliphatic carbocycles. The van der Waals surface area contributed by atoms with Gasteiger partial charge < -0.3 is 9.67 Å². The summed E-state index contributed by atoms with van der Waals surface area (Å²) in [5.41, 5.74) is 2.03. The molecule has 0 radical (unpaired) electrons. The van der Waals surface area contributed by atoms with E-state index < -0.39 is 6.10 Å². The first-order valence-electron chi connectivity index (χ1n) is 5.56. The minimum Gasteiger partial charge on any atom is -0.387 e. The smallest absolute Gasteiger partial charge is 0.181 e. The Hall–Kier alpha value is -1.87. The maximum Gasteiger partial charge on any atom is 0.181 e. The second-order valence-corrected chi connectivity index (χ2v) is 4.16. The first-order valence-corrected chi connectivity index (χ1v) is 5.56. The van der Waals surface area contributed by atoms with Crippen LogP contribution in [0, 0.1) is 6.92 Å². The van der Waals surface area contributed by atoms with Crippen molar-refractivity contribution < 1.29 is 5.11 Å². The molecule has 1 N–H and O–H groups in total. The van der Waals surface area contributed by atoms with Crippen molar-refractivity contribution in [2.24, 2.45) is 0 Å². The molecule has 1 heterocycles. The highest BCUT2D eigenvalue weighted by Crippen LogP contribution is 2.15. The molecule has 0 spiro atoms. The molecule has 0 saturated heterocycles. The summed E-state index contributed by atoms with van der Waals surface area (Å²) in [6.45, 7) is 2.46. The second-order valence-electron chi connectivity index (χ2n) is 4.16. The van der Waals surface area contributed by atoms with E-state index in [0.717, 1.165) is 5.56 Å². The first-order chi connectivity index (χ1) is 8.15. The number of hydrogen-bond acceptors (Lipinski definition) is 2. The van der Waals surface area contributed by atoms with Crippen LogP contribution >= 0.6 is 0 Å². The molecule has 1 aromatic carbocycles. The van der Waals surface area contributed by atoms with Crippen molar-refractivity contribution in [2.45, 2.75) is 19.6 Å².